The van der Waals surface area contributed by atoms with Gasteiger partial charge in [0.05, 0.1) is 12.3 Å². The molecule has 1 aromatic carbocycles. The van der Waals surface area contributed by atoms with Gasteiger partial charge in [0.25, 0.3) is 5.56 Å². The molecule has 0 fully saturated rings. The number of aryl methyl sites for hydroxylation is 2. The van der Waals surface area contributed by atoms with Gasteiger partial charge in [-0.1, -0.05) is 0 Å². The van der Waals surface area contributed by atoms with E-state index in [-0.39, 0.29) is 5.56 Å². The average Bonchev–Trinajstić information content (AvgIpc) is 2.39. The molecule has 0 spiro atoms. The molecule has 18 heavy (non-hydrogen) atoms. The molecule has 0 saturated carbocycles. The fourth-order valence-corrected chi connectivity index (χ4v) is 2.28. The summed E-state index contributed by atoms with van der Waals surface area (Å²) in [5, 5.41) is 7.73. The van der Waals surface area contributed by atoms with Crippen LogP contribution in [0.5, 0.6) is 5.75 Å². The van der Waals surface area contributed by atoms with E-state index >= 15 is 0 Å². The van der Waals surface area contributed by atoms with Crippen LogP contribution in [0.25, 0.3) is 5.69 Å². The summed E-state index contributed by atoms with van der Waals surface area (Å²) >= 11 is 0. The Morgan fingerprint density at radius 1 is 1.39 bits per heavy atom. The van der Waals surface area contributed by atoms with Crippen LogP contribution in [0.1, 0.15) is 18.3 Å². The maximum absolute atomic E-state index is 11.9. The van der Waals surface area contributed by atoms with Gasteiger partial charge < -0.3 is 4.74 Å². The van der Waals surface area contributed by atoms with Crippen molar-refractivity contribution in [3.05, 3.63) is 46.1 Å². The molecule has 3 rings (SSSR count). The molecule has 0 unspecified atom stereocenters. The Kier molecular flexibility index (Phi) is 2.59. The topological polar surface area (TPSA) is 57.0 Å². The lowest BCUT2D eigenvalue weighted by atomic mass is 10.0. The van der Waals surface area contributed by atoms with Gasteiger partial charge in [-0.15, -0.1) is 5.10 Å². The molecular weight excluding hydrogens is 230 g/mol. The van der Waals surface area contributed by atoms with Crippen LogP contribution < -0.4 is 10.3 Å². The van der Waals surface area contributed by atoms with Crippen LogP contribution in [0.4, 0.5) is 0 Å². The van der Waals surface area contributed by atoms with Crippen molar-refractivity contribution in [2.45, 2.75) is 19.8 Å². The first kappa shape index (κ1) is 11.0. The number of ether oxygens (including phenoxy) is 1. The summed E-state index contributed by atoms with van der Waals surface area (Å²) in [5.41, 5.74) is 1.87. The van der Waals surface area contributed by atoms with E-state index in [0.717, 1.165) is 35.7 Å². The van der Waals surface area contributed by atoms with E-state index in [9.17, 15) is 4.79 Å². The molecule has 0 amide bonds. The van der Waals surface area contributed by atoms with Gasteiger partial charge in [-0.25, -0.2) is 0 Å². The third kappa shape index (κ3) is 1.68. The van der Waals surface area contributed by atoms with Crippen molar-refractivity contribution in [3.8, 4) is 11.4 Å². The molecule has 2 aromatic rings. The van der Waals surface area contributed by atoms with E-state index in [0.29, 0.717) is 6.61 Å². The van der Waals surface area contributed by atoms with Crippen molar-refractivity contribution < 1.29 is 4.74 Å². The normalized spacial score (nSPS) is 12.7. The zero-order chi connectivity index (χ0) is 12.5. The Morgan fingerprint density at radius 3 is 3.11 bits per heavy atom. The number of hydrogen-bond acceptors (Lipinski definition) is 4. The van der Waals surface area contributed by atoms with Gasteiger partial charge >= 0.3 is 0 Å². The lowest BCUT2D eigenvalue weighted by Gasteiger charge is -2.20. The summed E-state index contributed by atoms with van der Waals surface area (Å²) in [7, 11) is 0. The number of rotatable bonds is 2. The fourth-order valence-electron chi connectivity index (χ4n) is 2.28. The van der Waals surface area contributed by atoms with Gasteiger partial charge in [0, 0.05) is 6.42 Å². The first-order chi connectivity index (χ1) is 8.79. The van der Waals surface area contributed by atoms with E-state index < -0.39 is 0 Å². The molecule has 5 heteroatoms. The van der Waals surface area contributed by atoms with Gasteiger partial charge in [-0.3, -0.25) is 9.36 Å². The minimum Gasteiger partial charge on any atom is -0.494 e. The number of benzene rings is 1. The SMILES string of the molecule is CCOc1ccc2c(c1)CCc1nncc(=O)n1-2. The van der Waals surface area contributed by atoms with Gasteiger partial charge in [0.2, 0.25) is 0 Å². The van der Waals surface area contributed by atoms with E-state index in [1.165, 1.54) is 6.20 Å². The highest BCUT2D eigenvalue weighted by Gasteiger charge is 2.18. The van der Waals surface area contributed by atoms with Crippen LogP contribution in [0.15, 0.2) is 29.2 Å². The predicted molar refractivity (Wildman–Crippen MR) is 66.2 cm³/mol. The van der Waals surface area contributed by atoms with Crippen molar-refractivity contribution in [1.82, 2.24) is 14.8 Å². The first-order valence-electron chi connectivity index (χ1n) is 5.99. The Morgan fingerprint density at radius 2 is 2.28 bits per heavy atom. The van der Waals surface area contributed by atoms with Crippen molar-refractivity contribution in [2.24, 2.45) is 0 Å². The molecular formula is C13H13N3O2. The number of nitrogens with zero attached hydrogens (tertiary/aromatic N) is 3. The number of aromatic nitrogens is 3. The standard InChI is InChI=1S/C13H13N3O2/c1-2-18-10-4-5-11-9(7-10)3-6-12-15-14-8-13(17)16(11)12/h4-5,7-8H,2-3,6H2,1H3. The van der Waals surface area contributed by atoms with Crippen LogP contribution in [-0.2, 0) is 12.8 Å². The van der Waals surface area contributed by atoms with Crippen molar-refractivity contribution in [2.75, 3.05) is 6.61 Å². The zero-order valence-corrected chi connectivity index (χ0v) is 10.1. The Labute approximate surface area is 104 Å². The lowest BCUT2D eigenvalue weighted by molar-refractivity contribution is 0.339. The zero-order valence-electron chi connectivity index (χ0n) is 10.1. The van der Waals surface area contributed by atoms with Crippen LogP contribution in [0.2, 0.25) is 0 Å². The minimum absolute atomic E-state index is 0.134. The highest BCUT2D eigenvalue weighted by Crippen LogP contribution is 2.25. The molecule has 92 valence electrons. The van der Waals surface area contributed by atoms with Crippen LogP contribution >= 0.6 is 0 Å². The summed E-state index contributed by atoms with van der Waals surface area (Å²) in [6.07, 6.45) is 2.83. The quantitative estimate of drug-likeness (QED) is 0.793. The molecule has 0 radical (unpaired) electrons. The molecule has 1 aromatic heterocycles. The Bertz CT molecular complexity index is 649. The van der Waals surface area contributed by atoms with Gasteiger partial charge in [0.1, 0.15) is 17.8 Å². The molecule has 0 N–H and O–H groups in total. The van der Waals surface area contributed by atoms with Crippen molar-refractivity contribution in [3.63, 3.8) is 0 Å². The van der Waals surface area contributed by atoms with Gasteiger partial charge in [0.15, 0.2) is 0 Å². The highest BCUT2D eigenvalue weighted by atomic mass is 16.5. The highest BCUT2D eigenvalue weighted by molar-refractivity contribution is 5.48. The van der Waals surface area contributed by atoms with E-state index in [1.807, 2.05) is 25.1 Å². The van der Waals surface area contributed by atoms with Crippen LogP contribution in [-0.4, -0.2) is 21.4 Å². The summed E-state index contributed by atoms with van der Waals surface area (Å²) in [4.78, 5) is 11.9. The molecule has 1 aliphatic rings. The van der Waals surface area contributed by atoms with Gasteiger partial charge in [-0.05, 0) is 37.1 Å². The number of fused-ring (bicyclic) bond motifs is 3. The number of hydrogen-bond donors (Lipinski definition) is 0. The summed E-state index contributed by atoms with van der Waals surface area (Å²) in [6, 6.07) is 5.78. The lowest BCUT2D eigenvalue weighted by Crippen LogP contribution is -2.28. The summed E-state index contributed by atoms with van der Waals surface area (Å²) in [6.45, 7) is 2.59. The van der Waals surface area contributed by atoms with E-state index in [4.69, 9.17) is 4.74 Å². The smallest absolute Gasteiger partial charge is 0.276 e. The molecule has 0 atom stereocenters. The van der Waals surface area contributed by atoms with Crippen molar-refractivity contribution in [1.29, 1.82) is 0 Å². The molecule has 0 saturated heterocycles. The predicted octanol–water partition coefficient (Wildman–Crippen LogP) is 1.12. The second kappa shape index (κ2) is 4.25. The third-order valence-corrected chi connectivity index (χ3v) is 3.04. The minimum atomic E-state index is -0.134. The van der Waals surface area contributed by atoms with Crippen LogP contribution in [0, 0.1) is 0 Å². The second-order valence-electron chi connectivity index (χ2n) is 4.16. The molecule has 0 bridgehead atoms. The average molecular weight is 243 g/mol. The maximum Gasteiger partial charge on any atom is 0.276 e. The maximum atomic E-state index is 11.9. The second-order valence-corrected chi connectivity index (χ2v) is 4.16. The molecule has 0 aliphatic carbocycles. The fraction of sp³-hybridized carbons (Fsp3) is 0.308. The molecule has 2 heterocycles. The summed E-state index contributed by atoms with van der Waals surface area (Å²) in [5.74, 6) is 1.56. The Balaban J connectivity index is 2.16. The van der Waals surface area contributed by atoms with Crippen molar-refractivity contribution >= 4 is 0 Å². The monoisotopic (exact) mass is 243 g/mol. The molecule has 5 nitrogen and oxygen atoms in total. The Hall–Kier alpha value is -2.17. The third-order valence-electron chi connectivity index (χ3n) is 3.04. The largest absolute Gasteiger partial charge is 0.494 e. The van der Waals surface area contributed by atoms with E-state index in [1.54, 1.807) is 4.57 Å². The van der Waals surface area contributed by atoms with Crippen LogP contribution in [0.3, 0.4) is 0 Å². The van der Waals surface area contributed by atoms with E-state index in [2.05, 4.69) is 10.2 Å². The first-order valence-corrected chi connectivity index (χ1v) is 5.99. The van der Waals surface area contributed by atoms with Gasteiger partial charge in [-0.2, -0.15) is 5.10 Å². The molecule has 1 aliphatic heterocycles. The summed E-state index contributed by atoms with van der Waals surface area (Å²) < 4.78 is 7.10.